The van der Waals surface area contributed by atoms with Crippen LogP contribution >= 0.6 is 0 Å². The number of aromatic nitrogens is 4. The van der Waals surface area contributed by atoms with Crippen LogP contribution in [0.2, 0.25) is 0 Å². The third-order valence-electron chi connectivity index (χ3n) is 5.45. The van der Waals surface area contributed by atoms with E-state index in [4.69, 9.17) is 9.26 Å². The van der Waals surface area contributed by atoms with E-state index >= 15 is 0 Å². The average molecular weight is 449 g/mol. The first kappa shape index (κ1) is 22.0. The van der Waals surface area contributed by atoms with Crippen molar-refractivity contribution in [1.82, 2.24) is 25.2 Å². The second-order valence-corrected chi connectivity index (χ2v) is 7.65. The van der Waals surface area contributed by atoms with Crippen molar-refractivity contribution in [2.24, 2.45) is 0 Å². The number of aryl methyl sites for hydroxylation is 2. The number of amides is 1. The first-order valence-electron chi connectivity index (χ1n) is 10.1. The Morgan fingerprint density at radius 1 is 1.31 bits per heavy atom. The predicted octanol–water partition coefficient (Wildman–Crippen LogP) is 3.63. The number of benzene rings is 1. The van der Waals surface area contributed by atoms with Crippen LogP contribution in [0, 0.1) is 13.8 Å². The predicted molar refractivity (Wildman–Crippen MR) is 106 cm³/mol. The summed E-state index contributed by atoms with van der Waals surface area (Å²) in [4.78, 5) is 18.6. The molecule has 0 saturated carbocycles. The molecule has 170 valence electrons. The zero-order chi connectivity index (χ0) is 22.9. The average Bonchev–Trinajstić information content (AvgIpc) is 3.39. The third kappa shape index (κ3) is 4.67. The highest BCUT2D eigenvalue weighted by Crippen LogP contribution is 2.32. The fourth-order valence-electron chi connectivity index (χ4n) is 3.68. The lowest BCUT2D eigenvalue weighted by Crippen LogP contribution is -2.42. The molecule has 0 radical (unpaired) electrons. The maximum Gasteiger partial charge on any atom is 0.416 e. The lowest BCUT2D eigenvalue weighted by molar-refractivity contribution is -0.140. The lowest BCUT2D eigenvalue weighted by atomic mass is 10.1. The molecule has 0 unspecified atom stereocenters. The van der Waals surface area contributed by atoms with Crippen molar-refractivity contribution < 1.29 is 27.2 Å². The van der Waals surface area contributed by atoms with Gasteiger partial charge < -0.3 is 14.2 Å². The smallest absolute Gasteiger partial charge is 0.365 e. The van der Waals surface area contributed by atoms with E-state index in [1.165, 1.54) is 12.1 Å². The van der Waals surface area contributed by atoms with Crippen LogP contribution in [-0.4, -0.2) is 50.8 Å². The zero-order valence-corrected chi connectivity index (χ0v) is 17.6. The number of alkyl halides is 3. The van der Waals surface area contributed by atoms with Crippen LogP contribution < -0.4 is 0 Å². The summed E-state index contributed by atoms with van der Waals surface area (Å²) in [6, 6.07) is 4.70. The van der Waals surface area contributed by atoms with Crippen molar-refractivity contribution in [2.75, 3.05) is 19.7 Å². The number of nitrogens with zero attached hydrogens (tertiary/aromatic N) is 4. The SMILES string of the molecule is Cc1n[nH]c(C)c1CCC(=O)N1CCO[C@H](c2nc(-c3cccc(C(F)(F)F)c3)no2)C1. The number of carbonyl (C=O) groups is 1. The van der Waals surface area contributed by atoms with Gasteiger partial charge in [0, 0.05) is 24.2 Å². The summed E-state index contributed by atoms with van der Waals surface area (Å²) in [5.41, 5.74) is 2.25. The van der Waals surface area contributed by atoms with Crippen LogP contribution in [0.15, 0.2) is 28.8 Å². The summed E-state index contributed by atoms with van der Waals surface area (Å²) in [6.45, 7) is 4.77. The van der Waals surface area contributed by atoms with E-state index in [1.807, 2.05) is 13.8 Å². The summed E-state index contributed by atoms with van der Waals surface area (Å²) >= 11 is 0. The minimum Gasteiger partial charge on any atom is -0.365 e. The minimum atomic E-state index is -4.47. The number of rotatable bonds is 5. The maximum absolute atomic E-state index is 13.0. The lowest BCUT2D eigenvalue weighted by Gasteiger charge is -2.31. The fourth-order valence-corrected chi connectivity index (χ4v) is 3.68. The van der Waals surface area contributed by atoms with Gasteiger partial charge in [-0.3, -0.25) is 9.89 Å². The number of morpholine rings is 1. The van der Waals surface area contributed by atoms with Crippen LogP contribution in [-0.2, 0) is 22.1 Å². The Morgan fingerprint density at radius 3 is 2.84 bits per heavy atom. The Balaban J connectivity index is 1.42. The molecular formula is C21H22F3N5O3. The number of carbonyl (C=O) groups excluding carboxylic acids is 1. The minimum absolute atomic E-state index is 0.0315. The fraction of sp³-hybridized carbons (Fsp3) is 0.429. The third-order valence-corrected chi connectivity index (χ3v) is 5.45. The van der Waals surface area contributed by atoms with Crippen LogP contribution in [0.3, 0.4) is 0 Å². The Bertz CT molecular complexity index is 1090. The standard InChI is InChI=1S/C21H22F3N5O3/c1-12-16(13(2)27-26-12)6-7-18(30)29-8-9-31-17(11-29)20-25-19(28-32-20)14-4-3-5-15(10-14)21(22,23)24/h3-5,10,17H,6-9,11H2,1-2H3,(H,26,27)/t17-/m0/s1. The monoisotopic (exact) mass is 449 g/mol. The molecular weight excluding hydrogens is 427 g/mol. The molecule has 0 spiro atoms. The van der Waals surface area contributed by atoms with E-state index in [0.717, 1.165) is 29.1 Å². The second-order valence-electron chi connectivity index (χ2n) is 7.65. The molecule has 11 heteroatoms. The molecule has 8 nitrogen and oxygen atoms in total. The molecule has 1 amide bonds. The van der Waals surface area contributed by atoms with Crippen molar-refractivity contribution >= 4 is 5.91 Å². The number of halogens is 3. The van der Waals surface area contributed by atoms with Crippen LogP contribution in [0.5, 0.6) is 0 Å². The van der Waals surface area contributed by atoms with Gasteiger partial charge in [0.25, 0.3) is 5.89 Å². The second kappa shape index (κ2) is 8.73. The zero-order valence-electron chi connectivity index (χ0n) is 17.6. The first-order chi connectivity index (χ1) is 15.2. The Kier molecular flexibility index (Phi) is 6.00. The number of aromatic amines is 1. The molecule has 1 fully saturated rings. The number of hydrogen-bond donors (Lipinski definition) is 1. The topological polar surface area (TPSA) is 97.1 Å². The number of H-pyrrole nitrogens is 1. The summed E-state index contributed by atoms with van der Waals surface area (Å²) in [5.74, 6) is 0.122. The normalized spacial score (nSPS) is 17.0. The summed E-state index contributed by atoms with van der Waals surface area (Å²) in [5, 5.41) is 10.9. The molecule has 1 aliphatic rings. The number of ether oxygens (including phenoxy) is 1. The van der Waals surface area contributed by atoms with Gasteiger partial charge in [0.15, 0.2) is 6.10 Å². The molecule has 1 saturated heterocycles. The molecule has 2 aromatic heterocycles. The Morgan fingerprint density at radius 2 is 2.12 bits per heavy atom. The Labute approximate surface area is 181 Å². The van der Waals surface area contributed by atoms with Crippen molar-refractivity contribution in [3.8, 4) is 11.4 Å². The Hall–Kier alpha value is -3.21. The molecule has 32 heavy (non-hydrogen) atoms. The molecule has 1 aliphatic heterocycles. The van der Waals surface area contributed by atoms with Crippen molar-refractivity contribution in [2.45, 2.75) is 39.0 Å². The molecule has 0 aliphatic carbocycles. The van der Waals surface area contributed by atoms with Crippen molar-refractivity contribution in [3.05, 3.63) is 52.7 Å². The summed E-state index contributed by atoms with van der Waals surface area (Å²) in [6.07, 6.45) is -4.21. The van der Waals surface area contributed by atoms with Crippen molar-refractivity contribution in [1.29, 1.82) is 0 Å². The molecule has 3 heterocycles. The first-order valence-corrected chi connectivity index (χ1v) is 10.1. The molecule has 1 atom stereocenters. The number of hydrogen-bond acceptors (Lipinski definition) is 6. The van der Waals surface area contributed by atoms with Crippen LogP contribution in [0.1, 0.15) is 40.9 Å². The molecule has 1 aromatic carbocycles. The van der Waals surface area contributed by atoms with E-state index in [-0.39, 0.29) is 29.7 Å². The molecule has 3 aromatic rings. The highest BCUT2D eigenvalue weighted by Gasteiger charge is 2.32. The summed E-state index contributed by atoms with van der Waals surface area (Å²) in [7, 11) is 0. The molecule has 0 bridgehead atoms. The van der Waals surface area contributed by atoms with E-state index in [2.05, 4.69) is 20.3 Å². The maximum atomic E-state index is 13.0. The van der Waals surface area contributed by atoms with E-state index in [1.54, 1.807) is 4.90 Å². The number of nitrogens with one attached hydrogen (secondary N) is 1. The quantitative estimate of drug-likeness (QED) is 0.639. The van der Waals surface area contributed by atoms with Gasteiger partial charge in [-0.25, -0.2) is 0 Å². The van der Waals surface area contributed by atoms with Gasteiger partial charge in [-0.2, -0.15) is 23.3 Å². The van der Waals surface area contributed by atoms with Gasteiger partial charge >= 0.3 is 6.18 Å². The molecule has 1 N–H and O–H groups in total. The highest BCUT2D eigenvalue weighted by atomic mass is 19.4. The van der Waals surface area contributed by atoms with E-state index < -0.39 is 17.8 Å². The molecule has 4 rings (SSSR count). The van der Waals surface area contributed by atoms with E-state index in [9.17, 15) is 18.0 Å². The van der Waals surface area contributed by atoms with Gasteiger partial charge in [0.1, 0.15) is 0 Å². The van der Waals surface area contributed by atoms with Crippen LogP contribution in [0.4, 0.5) is 13.2 Å². The van der Waals surface area contributed by atoms with Gasteiger partial charge in [-0.1, -0.05) is 17.3 Å². The van der Waals surface area contributed by atoms with Gasteiger partial charge in [-0.15, -0.1) is 0 Å². The highest BCUT2D eigenvalue weighted by molar-refractivity contribution is 5.76. The van der Waals surface area contributed by atoms with Crippen molar-refractivity contribution in [3.63, 3.8) is 0 Å². The van der Waals surface area contributed by atoms with E-state index in [0.29, 0.717) is 26.0 Å². The van der Waals surface area contributed by atoms with Crippen LogP contribution in [0.25, 0.3) is 11.4 Å². The van der Waals surface area contributed by atoms with Gasteiger partial charge in [0.2, 0.25) is 11.7 Å². The van der Waals surface area contributed by atoms with Gasteiger partial charge in [-0.05, 0) is 38.0 Å². The summed E-state index contributed by atoms with van der Waals surface area (Å²) < 4.78 is 49.8. The van der Waals surface area contributed by atoms with Gasteiger partial charge in [0.05, 0.1) is 24.4 Å². The largest absolute Gasteiger partial charge is 0.416 e.